The fourth-order valence-electron chi connectivity index (χ4n) is 2.49. The molecule has 0 N–H and O–H groups in total. The van der Waals surface area contributed by atoms with E-state index in [0.717, 1.165) is 16.3 Å². The van der Waals surface area contributed by atoms with E-state index in [2.05, 4.69) is 9.97 Å². The van der Waals surface area contributed by atoms with Crippen molar-refractivity contribution in [3.8, 4) is 0 Å². The molecule has 142 valence electrons. The number of aryl methyl sites for hydroxylation is 1. The predicted molar refractivity (Wildman–Crippen MR) is 101 cm³/mol. The number of ether oxygens (including phenoxy) is 1. The lowest BCUT2D eigenvalue weighted by molar-refractivity contribution is -0.139. The molecule has 9 heteroatoms. The molecule has 0 amide bonds. The van der Waals surface area contributed by atoms with E-state index >= 15 is 0 Å². The van der Waals surface area contributed by atoms with Crippen molar-refractivity contribution < 1.29 is 9.53 Å². The molecule has 8 nitrogen and oxygen atoms in total. The smallest absolute Gasteiger partial charge is 0.332 e. The maximum absolute atomic E-state index is 12.7. The topological polar surface area (TPSA) is 96.1 Å². The van der Waals surface area contributed by atoms with Gasteiger partial charge in [0.2, 0.25) is 0 Å². The Labute approximate surface area is 155 Å². The van der Waals surface area contributed by atoms with Gasteiger partial charge in [0.1, 0.15) is 21.5 Å². The minimum atomic E-state index is -0.553. The molecule has 2 rings (SSSR count). The summed E-state index contributed by atoms with van der Waals surface area (Å²) < 4.78 is 7.11. The number of thioether (sulfide) groups is 1. The second-order valence-corrected chi connectivity index (χ2v) is 8.70. The van der Waals surface area contributed by atoms with Gasteiger partial charge in [-0.2, -0.15) is 0 Å². The number of fused-ring (bicyclic) bond motifs is 1. The van der Waals surface area contributed by atoms with Crippen molar-refractivity contribution in [1.29, 1.82) is 0 Å². The molecule has 0 fully saturated rings. The summed E-state index contributed by atoms with van der Waals surface area (Å²) in [4.78, 5) is 45.8. The molecule has 0 radical (unpaired) electrons. The first-order valence-electron chi connectivity index (χ1n) is 8.17. The van der Waals surface area contributed by atoms with Gasteiger partial charge in [-0.1, -0.05) is 32.5 Å². The fourth-order valence-corrected chi connectivity index (χ4v) is 3.47. The normalized spacial score (nSPS) is 13.0. The highest BCUT2D eigenvalue weighted by molar-refractivity contribution is 8.00. The van der Waals surface area contributed by atoms with Crippen LogP contribution in [0.15, 0.2) is 14.6 Å². The van der Waals surface area contributed by atoms with E-state index < -0.39 is 22.5 Å². The number of carbonyl (C=O) groups excluding carboxylic acids is 1. The number of aromatic nitrogens is 4. The van der Waals surface area contributed by atoms with Crippen LogP contribution in [-0.4, -0.2) is 37.4 Å². The molecule has 0 aliphatic heterocycles. The van der Waals surface area contributed by atoms with Crippen molar-refractivity contribution in [3.63, 3.8) is 0 Å². The zero-order valence-corrected chi connectivity index (χ0v) is 16.9. The van der Waals surface area contributed by atoms with E-state index in [4.69, 9.17) is 4.74 Å². The first kappa shape index (κ1) is 20.2. The number of rotatable bonds is 4. The number of nitrogens with zero attached hydrogens (tertiary/aromatic N) is 4. The highest BCUT2D eigenvalue weighted by Gasteiger charge is 2.23. The van der Waals surface area contributed by atoms with E-state index in [1.54, 1.807) is 14.0 Å². The van der Waals surface area contributed by atoms with Crippen LogP contribution < -0.4 is 11.2 Å². The van der Waals surface area contributed by atoms with Crippen LogP contribution >= 0.6 is 11.8 Å². The SMILES string of the molecule is COC(=O)[C@H](C)Sc1nc(CC(C)(C)C)nc2c1c(=O)n(C)c(=O)n2C. The molecule has 0 saturated carbocycles. The molecule has 0 aromatic carbocycles. The van der Waals surface area contributed by atoms with Gasteiger partial charge in [-0.05, 0) is 12.3 Å². The van der Waals surface area contributed by atoms with E-state index in [0.29, 0.717) is 17.3 Å². The lowest BCUT2D eigenvalue weighted by atomic mass is 9.92. The van der Waals surface area contributed by atoms with Crippen LogP contribution in [0.2, 0.25) is 0 Å². The summed E-state index contributed by atoms with van der Waals surface area (Å²) in [7, 11) is 4.28. The molecular formula is C17H24N4O4S. The first-order valence-corrected chi connectivity index (χ1v) is 9.05. The van der Waals surface area contributed by atoms with E-state index in [1.165, 1.54) is 18.7 Å². The van der Waals surface area contributed by atoms with Crippen molar-refractivity contribution in [2.45, 2.75) is 44.4 Å². The van der Waals surface area contributed by atoms with Gasteiger partial charge >= 0.3 is 11.7 Å². The van der Waals surface area contributed by atoms with E-state index in [1.807, 2.05) is 20.8 Å². The third kappa shape index (κ3) is 3.98. The maximum Gasteiger partial charge on any atom is 0.332 e. The van der Waals surface area contributed by atoms with Gasteiger partial charge in [-0.25, -0.2) is 14.8 Å². The lowest BCUT2D eigenvalue weighted by Crippen LogP contribution is -2.38. The minimum absolute atomic E-state index is 0.0812. The Balaban J connectivity index is 2.79. The fraction of sp³-hybridized carbons (Fsp3) is 0.588. The largest absolute Gasteiger partial charge is 0.468 e. The third-order valence-electron chi connectivity index (χ3n) is 3.82. The van der Waals surface area contributed by atoms with Crippen LogP contribution in [0.1, 0.15) is 33.5 Å². The van der Waals surface area contributed by atoms with Gasteiger partial charge in [0.15, 0.2) is 5.65 Å². The average molecular weight is 380 g/mol. The molecule has 0 aliphatic rings. The standard InChI is InChI=1S/C17H24N4O4S/c1-9(15(23)25-7)26-13-11-12(18-10(19-13)8-17(2,3)4)20(5)16(24)21(6)14(11)22/h9H,8H2,1-7H3/t9-/m0/s1. The van der Waals surface area contributed by atoms with Gasteiger partial charge in [0.05, 0.1) is 7.11 Å². The van der Waals surface area contributed by atoms with Crippen molar-refractivity contribution in [1.82, 2.24) is 19.1 Å². The summed E-state index contributed by atoms with van der Waals surface area (Å²) in [5, 5.41) is 0.0545. The Morgan fingerprint density at radius 1 is 1.19 bits per heavy atom. The summed E-state index contributed by atoms with van der Waals surface area (Å²) in [6.07, 6.45) is 0.562. The molecule has 26 heavy (non-hydrogen) atoms. The van der Waals surface area contributed by atoms with Crippen molar-refractivity contribution >= 4 is 28.8 Å². The Morgan fingerprint density at radius 2 is 1.81 bits per heavy atom. The molecule has 0 saturated heterocycles. The summed E-state index contributed by atoms with van der Waals surface area (Å²) in [6.45, 7) is 7.83. The molecule has 1 atom stereocenters. The Kier molecular flexibility index (Phi) is 5.60. The number of hydrogen-bond donors (Lipinski definition) is 0. The van der Waals surface area contributed by atoms with Crippen LogP contribution in [0.25, 0.3) is 11.0 Å². The minimum Gasteiger partial charge on any atom is -0.468 e. The predicted octanol–water partition coefficient (Wildman–Crippen LogP) is 1.27. The first-order chi connectivity index (χ1) is 12.0. The molecule has 2 aromatic rings. The average Bonchev–Trinajstić information content (AvgIpc) is 2.55. The van der Waals surface area contributed by atoms with E-state index in [-0.39, 0.29) is 16.4 Å². The highest BCUT2D eigenvalue weighted by Crippen LogP contribution is 2.28. The van der Waals surface area contributed by atoms with Crippen molar-refractivity contribution in [2.24, 2.45) is 19.5 Å². The number of hydrogen-bond acceptors (Lipinski definition) is 7. The van der Waals surface area contributed by atoms with Gasteiger partial charge in [-0.15, -0.1) is 0 Å². The maximum atomic E-state index is 12.7. The van der Waals surface area contributed by atoms with Crippen LogP contribution in [0, 0.1) is 5.41 Å². The highest BCUT2D eigenvalue weighted by atomic mass is 32.2. The molecular weight excluding hydrogens is 356 g/mol. The van der Waals surface area contributed by atoms with Gasteiger partial charge < -0.3 is 4.74 Å². The molecule has 2 aromatic heterocycles. The number of esters is 1. The van der Waals surface area contributed by atoms with E-state index in [9.17, 15) is 14.4 Å². The van der Waals surface area contributed by atoms with Crippen molar-refractivity contribution in [3.05, 3.63) is 26.7 Å². The van der Waals surface area contributed by atoms with Crippen LogP contribution in [0.3, 0.4) is 0 Å². The molecule has 2 heterocycles. The Hall–Kier alpha value is -2.16. The Bertz CT molecular complexity index is 972. The summed E-state index contributed by atoms with van der Waals surface area (Å²) in [5.74, 6) is 0.105. The summed E-state index contributed by atoms with van der Waals surface area (Å²) >= 11 is 1.13. The number of carbonyl (C=O) groups is 1. The van der Waals surface area contributed by atoms with Crippen LogP contribution in [0.5, 0.6) is 0 Å². The summed E-state index contributed by atoms with van der Waals surface area (Å²) in [5.41, 5.74) is -0.751. The summed E-state index contributed by atoms with van der Waals surface area (Å²) in [6, 6.07) is 0. The number of methoxy groups -OCH3 is 1. The molecule has 0 aliphatic carbocycles. The second-order valence-electron chi connectivity index (χ2n) is 7.37. The zero-order chi connectivity index (χ0) is 19.8. The second kappa shape index (κ2) is 7.22. The molecule has 0 unspecified atom stereocenters. The lowest BCUT2D eigenvalue weighted by Gasteiger charge is -2.19. The van der Waals surface area contributed by atoms with Crippen molar-refractivity contribution in [2.75, 3.05) is 7.11 Å². The zero-order valence-electron chi connectivity index (χ0n) is 16.1. The third-order valence-corrected chi connectivity index (χ3v) is 4.89. The molecule has 0 spiro atoms. The van der Waals surface area contributed by atoms with Gasteiger partial charge in [-0.3, -0.25) is 18.7 Å². The van der Waals surface area contributed by atoms with Crippen LogP contribution in [-0.2, 0) is 30.0 Å². The van der Waals surface area contributed by atoms with Crippen LogP contribution in [0.4, 0.5) is 0 Å². The Morgan fingerprint density at radius 3 is 2.35 bits per heavy atom. The van der Waals surface area contributed by atoms with Gasteiger partial charge in [0.25, 0.3) is 5.56 Å². The quantitative estimate of drug-likeness (QED) is 0.448. The van der Waals surface area contributed by atoms with Gasteiger partial charge in [0, 0.05) is 20.5 Å². The molecule has 0 bridgehead atoms. The monoisotopic (exact) mass is 380 g/mol.